The van der Waals surface area contributed by atoms with Gasteiger partial charge in [-0.25, -0.2) is 0 Å². The molecule has 1 heterocycles. The molecule has 13 heavy (non-hydrogen) atoms. The van der Waals surface area contributed by atoms with Crippen LogP contribution in [0.5, 0.6) is 0 Å². The molecule has 1 aromatic rings. The molecule has 2 atom stereocenters. The molecule has 1 fully saturated rings. The smallest absolute Gasteiger partial charge is 0.0837 e. The molecule has 0 spiro atoms. The predicted molar refractivity (Wildman–Crippen MR) is 47.9 cm³/mol. The van der Waals surface area contributed by atoms with Gasteiger partial charge in [0.25, 0.3) is 0 Å². The Bertz CT molecular complexity index is 244. The first-order valence-corrected chi connectivity index (χ1v) is 4.43. The summed E-state index contributed by atoms with van der Waals surface area (Å²) in [5.74, 6) is 0.660. The van der Waals surface area contributed by atoms with Crippen LogP contribution in [0, 0.1) is 12.0 Å². The van der Waals surface area contributed by atoms with Crippen molar-refractivity contribution in [1.29, 1.82) is 0 Å². The third-order valence-electron chi connectivity index (χ3n) is 2.34. The van der Waals surface area contributed by atoms with Gasteiger partial charge in [0.05, 0.1) is 12.7 Å². The van der Waals surface area contributed by atoms with E-state index in [1.807, 2.05) is 12.1 Å². The summed E-state index contributed by atoms with van der Waals surface area (Å²) >= 11 is 0. The fourth-order valence-corrected chi connectivity index (χ4v) is 1.44. The zero-order valence-electron chi connectivity index (χ0n) is 7.86. The fraction of sp³-hybridized carbons (Fsp3) is 0.455. The van der Waals surface area contributed by atoms with Gasteiger partial charge in [0.2, 0.25) is 0 Å². The van der Waals surface area contributed by atoms with Gasteiger partial charge >= 0.3 is 0 Å². The number of epoxide rings is 1. The van der Waals surface area contributed by atoms with Crippen LogP contribution in [0.4, 0.5) is 0 Å². The zero-order valence-corrected chi connectivity index (χ0v) is 10.7. The quantitative estimate of drug-likeness (QED) is 0.591. The Kier molecular flexibility index (Phi) is 4.57. The summed E-state index contributed by atoms with van der Waals surface area (Å²) in [6.45, 7) is 3.20. The van der Waals surface area contributed by atoms with Crippen LogP contribution < -0.4 is 0 Å². The monoisotopic (exact) mass is 250 g/mol. The third kappa shape index (κ3) is 3.49. The number of ether oxygens (including phenoxy) is 1. The molecule has 1 saturated heterocycles. The SMILES string of the molecule is CC(Cc1cc[c-]cc1)[C@@H]1CO1.[Y]. The van der Waals surface area contributed by atoms with Crippen LogP contribution in [0.25, 0.3) is 0 Å². The van der Waals surface area contributed by atoms with E-state index in [9.17, 15) is 0 Å². The maximum atomic E-state index is 5.23. The first-order valence-electron chi connectivity index (χ1n) is 4.43. The summed E-state index contributed by atoms with van der Waals surface area (Å²) in [6, 6.07) is 11.2. The summed E-state index contributed by atoms with van der Waals surface area (Å²) in [4.78, 5) is 0. The Morgan fingerprint density at radius 3 is 2.69 bits per heavy atom. The molecular formula is C11H13OY-. The van der Waals surface area contributed by atoms with Crippen LogP contribution in [0.3, 0.4) is 0 Å². The molecule has 0 N–H and O–H groups in total. The second-order valence-corrected chi connectivity index (χ2v) is 3.46. The molecule has 1 nitrogen and oxygen atoms in total. The Labute approximate surface area is 105 Å². The van der Waals surface area contributed by atoms with E-state index in [4.69, 9.17) is 4.74 Å². The van der Waals surface area contributed by atoms with E-state index in [-0.39, 0.29) is 32.7 Å². The molecule has 0 aromatic heterocycles. The van der Waals surface area contributed by atoms with Crippen molar-refractivity contribution in [3.8, 4) is 0 Å². The number of rotatable bonds is 3. The summed E-state index contributed by atoms with van der Waals surface area (Å²) in [6.07, 6.45) is 1.65. The van der Waals surface area contributed by atoms with Crippen molar-refractivity contribution in [3.63, 3.8) is 0 Å². The van der Waals surface area contributed by atoms with Gasteiger partial charge in [0.15, 0.2) is 0 Å². The van der Waals surface area contributed by atoms with Crippen molar-refractivity contribution in [2.75, 3.05) is 6.61 Å². The van der Waals surface area contributed by atoms with Gasteiger partial charge in [-0.05, 0) is 12.3 Å². The predicted octanol–water partition coefficient (Wildman–Crippen LogP) is 2.06. The molecule has 1 unspecified atom stereocenters. The standard InChI is InChI=1S/C11H13O.Y/c1-9(11-8-12-11)7-10-5-3-2-4-6-10;/h3-6,9,11H,7-8H2,1H3;/q-1;/t9?,11-;/m0./s1. The number of hydrogen-bond donors (Lipinski definition) is 0. The normalized spacial score (nSPS) is 21.8. The molecular weight excluding hydrogens is 237 g/mol. The van der Waals surface area contributed by atoms with E-state index < -0.39 is 0 Å². The number of benzene rings is 1. The molecule has 0 amide bonds. The van der Waals surface area contributed by atoms with Crippen molar-refractivity contribution in [2.24, 2.45) is 5.92 Å². The maximum Gasteiger partial charge on any atom is 0.0837 e. The molecule has 1 aliphatic rings. The first-order chi connectivity index (χ1) is 5.86. The van der Waals surface area contributed by atoms with E-state index in [0.29, 0.717) is 12.0 Å². The number of hydrogen-bond acceptors (Lipinski definition) is 1. The summed E-state index contributed by atoms with van der Waals surface area (Å²) < 4.78 is 5.23. The minimum Gasteiger partial charge on any atom is -0.373 e. The third-order valence-corrected chi connectivity index (χ3v) is 2.34. The molecule has 1 aromatic carbocycles. The first kappa shape index (κ1) is 11.4. The van der Waals surface area contributed by atoms with Gasteiger partial charge in [-0.2, -0.15) is 35.9 Å². The molecule has 2 heteroatoms. The Morgan fingerprint density at radius 1 is 1.54 bits per heavy atom. The minimum absolute atomic E-state index is 0. The van der Waals surface area contributed by atoms with Crippen molar-refractivity contribution in [1.82, 2.24) is 0 Å². The molecule has 2 rings (SSSR count). The van der Waals surface area contributed by atoms with Crippen LogP contribution in [0.15, 0.2) is 24.3 Å². The van der Waals surface area contributed by atoms with Crippen molar-refractivity contribution in [2.45, 2.75) is 19.4 Å². The van der Waals surface area contributed by atoms with Crippen molar-refractivity contribution >= 4 is 0 Å². The largest absolute Gasteiger partial charge is 0.373 e. The van der Waals surface area contributed by atoms with Gasteiger partial charge in [-0.15, -0.1) is 0 Å². The molecule has 0 bridgehead atoms. The maximum absolute atomic E-state index is 5.23. The van der Waals surface area contributed by atoms with Crippen LogP contribution >= 0.6 is 0 Å². The zero-order chi connectivity index (χ0) is 8.39. The van der Waals surface area contributed by atoms with E-state index in [2.05, 4.69) is 25.1 Å². The minimum atomic E-state index is 0. The van der Waals surface area contributed by atoms with E-state index in [0.717, 1.165) is 13.0 Å². The van der Waals surface area contributed by atoms with Gasteiger partial charge in [-0.1, -0.05) is 6.92 Å². The van der Waals surface area contributed by atoms with Gasteiger partial charge in [0.1, 0.15) is 0 Å². The molecule has 67 valence electrons. The van der Waals surface area contributed by atoms with Crippen molar-refractivity contribution in [3.05, 3.63) is 35.9 Å². The fourth-order valence-electron chi connectivity index (χ4n) is 1.44. The summed E-state index contributed by atoms with van der Waals surface area (Å²) in [7, 11) is 0. The molecule has 1 radical (unpaired) electrons. The second-order valence-electron chi connectivity index (χ2n) is 3.46. The van der Waals surface area contributed by atoms with Crippen LogP contribution in [-0.2, 0) is 43.9 Å². The van der Waals surface area contributed by atoms with Gasteiger partial charge in [-0.3, -0.25) is 0 Å². The Hall–Kier alpha value is 0.284. The van der Waals surface area contributed by atoms with Gasteiger partial charge < -0.3 is 4.74 Å². The Balaban J connectivity index is 0.000000845. The van der Waals surface area contributed by atoms with Crippen molar-refractivity contribution < 1.29 is 37.4 Å². The Morgan fingerprint density at radius 2 is 2.15 bits per heavy atom. The average molecular weight is 250 g/mol. The van der Waals surface area contributed by atoms with Crippen LogP contribution in [0.2, 0.25) is 0 Å². The molecule has 1 aliphatic heterocycles. The van der Waals surface area contributed by atoms with Crippen LogP contribution in [-0.4, -0.2) is 12.7 Å². The van der Waals surface area contributed by atoms with Crippen LogP contribution in [0.1, 0.15) is 12.5 Å². The molecule has 0 saturated carbocycles. The van der Waals surface area contributed by atoms with Gasteiger partial charge in [0, 0.05) is 32.7 Å². The average Bonchev–Trinajstić information content (AvgIpc) is 2.88. The molecule has 0 aliphatic carbocycles. The summed E-state index contributed by atoms with van der Waals surface area (Å²) in [5.41, 5.74) is 1.39. The van der Waals surface area contributed by atoms with E-state index in [1.54, 1.807) is 0 Å². The second kappa shape index (κ2) is 5.24. The van der Waals surface area contributed by atoms with E-state index in [1.165, 1.54) is 5.56 Å². The topological polar surface area (TPSA) is 12.5 Å². The van der Waals surface area contributed by atoms with E-state index >= 15 is 0 Å². The summed E-state index contributed by atoms with van der Waals surface area (Å²) in [5, 5.41) is 0.